The molecule has 0 saturated heterocycles. The van der Waals surface area contributed by atoms with Crippen LogP contribution in [0.15, 0.2) is 36.4 Å². The van der Waals surface area contributed by atoms with Gasteiger partial charge in [0, 0.05) is 11.1 Å². The van der Waals surface area contributed by atoms with Crippen LogP contribution in [-0.4, -0.2) is 24.6 Å². The lowest BCUT2D eigenvalue weighted by Crippen LogP contribution is -2.36. The van der Waals surface area contributed by atoms with Crippen molar-refractivity contribution in [3.05, 3.63) is 58.6 Å². The first-order valence-corrected chi connectivity index (χ1v) is 8.59. The van der Waals surface area contributed by atoms with E-state index in [0.717, 1.165) is 23.8 Å². The van der Waals surface area contributed by atoms with Gasteiger partial charge in [0.15, 0.2) is 6.10 Å². The van der Waals surface area contributed by atoms with Gasteiger partial charge >= 0.3 is 5.97 Å². The Morgan fingerprint density at radius 3 is 2.81 bits per heavy atom. The van der Waals surface area contributed by atoms with E-state index in [1.807, 2.05) is 0 Å². The summed E-state index contributed by atoms with van der Waals surface area (Å²) in [6.07, 6.45) is -0.831. The van der Waals surface area contributed by atoms with Crippen LogP contribution in [0.4, 0.5) is 14.5 Å². The number of nitrogens with one attached hydrogen (secondary N) is 1. The summed E-state index contributed by atoms with van der Waals surface area (Å²) in [4.78, 5) is 24.4. The van der Waals surface area contributed by atoms with E-state index in [1.165, 1.54) is 6.92 Å². The second kappa shape index (κ2) is 7.92. The molecule has 1 heterocycles. The molecule has 1 aliphatic rings. The van der Waals surface area contributed by atoms with Crippen molar-refractivity contribution in [1.29, 1.82) is 0 Å². The molecule has 1 amide bonds. The zero-order chi connectivity index (χ0) is 19.6. The van der Waals surface area contributed by atoms with Gasteiger partial charge in [-0.05, 0) is 49.2 Å². The standard InChI is InChI=1S/C19H16ClF2NO4/c1-10(18(24)23-16-8-14(21)3-4-15(16)22)27-19(25)12-6-11-7-13(20)2-5-17(11)26-9-12/h2-5,7-8,10,12H,6,9H2,1H3,(H,23,24). The third-order valence-corrected chi connectivity index (χ3v) is 4.35. The SMILES string of the molecule is CC(OC(=O)C1COc2ccc(Cl)cc2C1)C(=O)Nc1cc(F)ccc1F. The highest BCUT2D eigenvalue weighted by atomic mass is 35.5. The number of anilines is 1. The number of carbonyl (C=O) groups excluding carboxylic acids is 2. The van der Waals surface area contributed by atoms with Crippen LogP contribution < -0.4 is 10.1 Å². The average molecular weight is 396 g/mol. The molecule has 2 aromatic rings. The first-order chi connectivity index (χ1) is 12.8. The van der Waals surface area contributed by atoms with Crippen LogP contribution in [-0.2, 0) is 20.7 Å². The van der Waals surface area contributed by atoms with Crippen LogP contribution in [0.1, 0.15) is 12.5 Å². The molecule has 2 atom stereocenters. The summed E-state index contributed by atoms with van der Waals surface area (Å²) in [5.74, 6) is -2.84. The zero-order valence-corrected chi connectivity index (χ0v) is 15.1. The smallest absolute Gasteiger partial charge is 0.313 e. The maximum absolute atomic E-state index is 13.6. The minimum atomic E-state index is -1.19. The quantitative estimate of drug-likeness (QED) is 0.801. The van der Waals surface area contributed by atoms with Crippen LogP contribution >= 0.6 is 11.6 Å². The number of rotatable bonds is 4. The van der Waals surface area contributed by atoms with E-state index in [0.29, 0.717) is 17.2 Å². The van der Waals surface area contributed by atoms with E-state index in [2.05, 4.69) is 5.32 Å². The van der Waals surface area contributed by atoms with E-state index >= 15 is 0 Å². The van der Waals surface area contributed by atoms with Crippen LogP contribution in [0.25, 0.3) is 0 Å². The van der Waals surface area contributed by atoms with Crippen molar-refractivity contribution in [1.82, 2.24) is 0 Å². The van der Waals surface area contributed by atoms with Crippen molar-refractivity contribution in [2.24, 2.45) is 5.92 Å². The van der Waals surface area contributed by atoms with E-state index in [-0.39, 0.29) is 12.3 Å². The summed E-state index contributed by atoms with van der Waals surface area (Å²) in [5, 5.41) is 2.73. The lowest BCUT2D eigenvalue weighted by atomic mass is 9.97. The predicted molar refractivity (Wildman–Crippen MR) is 94.7 cm³/mol. The highest BCUT2D eigenvalue weighted by Gasteiger charge is 2.30. The zero-order valence-electron chi connectivity index (χ0n) is 14.3. The van der Waals surface area contributed by atoms with Crippen molar-refractivity contribution >= 4 is 29.2 Å². The molecular formula is C19H16ClF2NO4. The van der Waals surface area contributed by atoms with Crippen LogP contribution in [0.2, 0.25) is 5.02 Å². The normalized spacial score (nSPS) is 16.7. The van der Waals surface area contributed by atoms with E-state index < -0.39 is 35.5 Å². The van der Waals surface area contributed by atoms with Crippen molar-refractivity contribution in [2.75, 3.05) is 11.9 Å². The second-order valence-electron chi connectivity index (χ2n) is 6.16. The summed E-state index contributed by atoms with van der Waals surface area (Å²) < 4.78 is 37.5. The van der Waals surface area contributed by atoms with Gasteiger partial charge < -0.3 is 14.8 Å². The molecule has 142 valence electrons. The van der Waals surface area contributed by atoms with Crippen molar-refractivity contribution < 1.29 is 27.8 Å². The molecule has 2 unspecified atom stereocenters. The summed E-state index contributed by atoms with van der Waals surface area (Å²) in [7, 11) is 0. The number of hydrogen-bond acceptors (Lipinski definition) is 4. The van der Waals surface area contributed by atoms with Crippen molar-refractivity contribution in [2.45, 2.75) is 19.4 Å². The van der Waals surface area contributed by atoms with Gasteiger partial charge in [0.05, 0.1) is 11.6 Å². The lowest BCUT2D eigenvalue weighted by Gasteiger charge is -2.25. The molecule has 8 heteroatoms. The van der Waals surface area contributed by atoms with E-state index in [1.54, 1.807) is 18.2 Å². The molecule has 0 radical (unpaired) electrons. The second-order valence-corrected chi connectivity index (χ2v) is 6.59. The summed E-state index contributed by atoms with van der Waals surface area (Å²) >= 11 is 5.95. The fourth-order valence-electron chi connectivity index (χ4n) is 2.67. The number of esters is 1. The van der Waals surface area contributed by atoms with E-state index in [4.69, 9.17) is 21.1 Å². The van der Waals surface area contributed by atoms with Crippen LogP contribution in [0.3, 0.4) is 0 Å². The van der Waals surface area contributed by atoms with Crippen molar-refractivity contribution in [3.63, 3.8) is 0 Å². The fraction of sp³-hybridized carbons (Fsp3) is 0.263. The molecule has 3 rings (SSSR count). The van der Waals surface area contributed by atoms with Gasteiger partial charge in [-0.1, -0.05) is 11.6 Å². The van der Waals surface area contributed by atoms with Crippen LogP contribution in [0.5, 0.6) is 5.75 Å². The Morgan fingerprint density at radius 2 is 2.04 bits per heavy atom. The topological polar surface area (TPSA) is 64.6 Å². The molecule has 0 aliphatic carbocycles. The molecule has 5 nitrogen and oxygen atoms in total. The molecule has 0 spiro atoms. The summed E-state index contributed by atoms with van der Waals surface area (Å²) in [6, 6.07) is 7.79. The van der Waals surface area contributed by atoms with Crippen LogP contribution in [0, 0.1) is 17.6 Å². The Balaban J connectivity index is 1.60. The lowest BCUT2D eigenvalue weighted by molar-refractivity contribution is -0.158. The summed E-state index contributed by atoms with van der Waals surface area (Å²) in [6.45, 7) is 1.46. The molecule has 27 heavy (non-hydrogen) atoms. The maximum Gasteiger partial charge on any atom is 0.313 e. The first-order valence-electron chi connectivity index (χ1n) is 8.21. The van der Waals surface area contributed by atoms with Crippen molar-refractivity contribution in [3.8, 4) is 5.75 Å². The highest BCUT2D eigenvalue weighted by Crippen LogP contribution is 2.30. The van der Waals surface area contributed by atoms with Gasteiger partial charge in [-0.3, -0.25) is 9.59 Å². The van der Waals surface area contributed by atoms with Gasteiger partial charge in [0.1, 0.15) is 24.0 Å². The molecule has 2 aromatic carbocycles. The number of carbonyl (C=O) groups is 2. The Labute approximate surface area is 159 Å². The highest BCUT2D eigenvalue weighted by molar-refractivity contribution is 6.30. The largest absolute Gasteiger partial charge is 0.492 e. The average Bonchev–Trinajstić information content (AvgIpc) is 2.63. The van der Waals surface area contributed by atoms with Gasteiger partial charge in [-0.15, -0.1) is 0 Å². The monoisotopic (exact) mass is 395 g/mol. The Kier molecular flexibility index (Phi) is 5.60. The molecule has 0 saturated carbocycles. The molecule has 0 aromatic heterocycles. The fourth-order valence-corrected chi connectivity index (χ4v) is 2.86. The Morgan fingerprint density at radius 1 is 1.26 bits per heavy atom. The molecule has 1 aliphatic heterocycles. The van der Waals surface area contributed by atoms with Gasteiger partial charge in [-0.25, -0.2) is 8.78 Å². The number of ether oxygens (including phenoxy) is 2. The Hall–Kier alpha value is -2.67. The number of benzene rings is 2. The third kappa shape index (κ3) is 4.54. The van der Waals surface area contributed by atoms with E-state index in [9.17, 15) is 18.4 Å². The summed E-state index contributed by atoms with van der Waals surface area (Å²) in [5.41, 5.74) is 0.446. The molecule has 0 fully saturated rings. The molecule has 0 bridgehead atoms. The van der Waals surface area contributed by atoms with Gasteiger partial charge in [0.25, 0.3) is 5.91 Å². The molecule has 1 N–H and O–H groups in total. The van der Waals surface area contributed by atoms with Gasteiger partial charge in [-0.2, -0.15) is 0 Å². The Bertz CT molecular complexity index is 890. The number of hydrogen-bond donors (Lipinski definition) is 1. The number of halogens is 3. The predicted octanol–water partition coefficient (Wildman–Crippen LogP) is 3.74. The third-order valence-electron chi connectivity index (χ3n) is 4.11. The minimum absolute atomic E-state index is 0.111. The first kappa shape index (κ1) is 19.1. The maximum atomic E-state index is 13.6. The number of fused-ring (bicyclic) bond motifs is 1. The van der Waals surface area contributed by atoms with Gasteiger partial charge in [0.2, 0.25) is 0 Å². The minimum Gasteiger partial charge on any atom is -0.492 e. The number of amides is 1. The molecular weight excluding hydrogens is 380 g/mol.